The van der Waals surface area contributed by atoms with Crippen molar-refractivity contribution in [2.45, 2.75) is 89.1 Å². The van der Waals surface area contributed by atoms with E-state index >= 15 is 0 Å². The van der Waals surface area contributed by atoms with E-state index in [0.29, 0.717) is 23.8 Å². The van der Waals surface area contributed by atoms with Crippen molar-refractivity contribution in [2.24, 2.45) is 11.8 Å². The first kappa shape index (κ1) is 27.2. The van der Waals surface area contributed by atoms with Crippen molar-refractivity contribution in [2.75, 3.05) is 30.6 Å². The third-order valence-corrected chi connectivity index (χ3v) is 13.2. The standard InChI is InChI=1S/C31H44IN4OS/c1-3-15-35-19-27-29(38-22(2)34-27)31(21-35)20-33-32-18-26(31)30(37)36-16-14-25(23-10-6-4-7-11-23)17-28(36)24-12-8-5-9-13-24/h4,6-7,10-11,24-26,28,33H,3,5,8-9,12-21H2,1-2H3/q-1/t25-,26+,28+,31+/m1/s1. The molecule has 0 radical (unpaired) electrons. The number of alkyl halides is 1. The van der Waals surface area contributed by atoms with Crippen LogP contribution in [0.15, 0.2) is 30.3 Å². The molecule has 1 aromatic carbocycles. The van der Waals surface area contributed by atoms with E-state index in [0.717, 1.165) is 61.4 Å². The van der Waals surface area contributed by atoms with Crippen LogP contribution in [0, 0.1) is 18.8 Å². The van der Waals surface area contributed by atoms with Crippen LogP contribution < -0.4 is 25.0 Å². The van der Waals surface area contributed by atoms with Gasteiger partial charge in [0, 0.05) is 0 Å². The van der Waals surface area contributed by atoms with Gasteiger partial charge in [0.25, 0.3) is 0 Å². The van der Waals surface area contributed by atoms with Gasteiger partial charge in [0.2, 0.25) is 0 Å². The molecule has 3 fully saturated rings. The van der Waals surface area contributed by atoms with Crippen molar-refractivity contribution < 1.29 is 26.3 Å². The summed E-state index contributed by atoms with van der Waals surface area (Å²) in [7, 11) is 0. The first-order valence-corrected chi connectivity index (χ1v) is 18.4. The van der Waals surface area contributed by atoms with Gasteiger partial charge in [-0.2, -0.15) is 0 Å². The van der Waals surface area contributed by atoms with Gasteiger partial charge in [-0.3, -0.25) is 0 Å². The summed E-state index contributed by atoms with van der Waals surface area (Å²) in [5.41, 5.74) is 2.59. The van der Waals surface area contributed by atoms with E-state index < -0.39 is 0 Å². The van der Waals surface area contributed by atoms with Crippen molar-refractivity contribution in [3.8, 4) is 0 Å². The van der Waals surface area contributed by atoms with Crippen LogP contribution in [0.2, 0.25) is 0 Å². The summed E-state index contributed by atoms with van der Waals surface area (Å²) in [5.74, 6) is 1.81. The summed E-state index contributed by atoms with van der Waals surface area (Å²) in [6.45, 7) is 9.31. The predicted octanol–water partition coefficient (Wildman–Crippen LogP) is 2.49. The molecule has 1 saturated carbocycles. The number of nitrogens with one attached hydrogen (secondary N) is 1. The second-order valence-corrected chi connectivity index (χ2v) is 15.8. The molecule has 7 heteroatoms. The molecule has 1 aliphatic carbocycles. The number of piperidine rings is 1. The van der Waals surface area contributed by atoms with Crippen molar-refractivity contribution >= 4 is 17.2 Å². The molecule has 6 rings (SSSR count). The number of nitrogens with zero attached hydrogens (tertiary/aromatic N) is 3. The number of hydrogen-bond acceptors (Lipinski definition) is 5. The molecule has 0 bridgehead atoms. The van der Waals surface area contributed by atoms with Gasteiger partial charge in [-0.05, 0) is 0 Å². The number of aromatic nitrogens is 1. The second-order valence-electron chi connectivity index (χ2n) is 12.2. The second kappa shape index (κ2) is 11.8. The van der Waals surface area contributed by atoms with E-state index in [1.54, 1.807) is 0 Å². The molecule has 2 saturated heterocycles. The molecule has 1 aromatic heterocycles. The maximum atomic E-state index is 14.9. The average molecular weight is 648 g/mol. The Hall–Kier alpha value is -1.03. The van der Waals surface area contributed by atoms with E-state index in [2.05, 4.69) is 57.5 Å². The van der Waals surface area contributed by atoms with Crippen LogP contribution in [0.4, 0.5) is 0 Å². The van der Waals surface area contributed by atoms with E-state index in [1.165, 1.54) is 48.2 Å². The number of rotatable bonds is 5. The Balaban J connectivity index is 1.33. The summed E-state index contributed by atoms with van der Waals surface area (Å²) in [6, 6.07) is 11.5. The van der Waals surface area contributed by atoms with Crippen LogP contribution in [-0.4, -0.2) is 57.3 Å². The van der Waals surface area contributed by atoms with Crippen molar-refractivity contribution in [3.05, 3.63) is 51.5 Å². The van der Waals surface area contributed by atoms with Gasteiger partial charge in [0.05, 0.1) is 0 Å². The molecule has 2 aromatic rings. The van der Waals surface area contributed by atoms with Gasteiger partial charge in [0.1, 0.15) is 0 Å². The van der Waals surface area contributed by atoms with Gasteiger partial charge in [-0.15, -0.1) is 0 Å². The Morgan fingerprint density at radius 1 is 1.18 bits per heavy atom. The topological polar surface area (TPSA) is 48.5 Å². The SMILES string of the molecule is CCCN1Cc2nc(C)sc2[C@@]2(CN[I-]C[C@H]2C(=O)N2CC[C@@H](c3ccccc3)C[C@H]2C2CCCCC2)C1. The van der Waals surface area contributed by atoms with E-state index in [4.69, 9.17) is 4.98 Å². The molecule has 4 heterocycles. The molecule has 3 aliphatic heterocycles. The first-order chi connectivity index (χ1) is 18.6. The number of carbonyl (C=O) groups is 1. The molecule has 1 spiro atoms. The minimum absolute atomic E-state index is 0.0918. The van der Waals surface area contributed by atoms with Gasteiger partial charge in [-0.25, -0.2) is 0 Å². The van der Waals surface area contributed by atoms with Crippen LogP contribution in [0.3, 0.4) is 0 Å². The number of thiazole rings is 1. The molecule has 0 unspecified atom stereocenters. The Labute approximate surface area is 243 Å². The molecular formula is C31H44IN4OS-. The van der Waals surface area contributed by atoms with Crippen LogP contribution in [0.1, 0.15) is 85.4 Å². The van der Waals surface area contributed by atoms with Crippen molar-refractivity contribution in [1.29, 1.82) is 0 Å². The number of benzene rings is 1. The molecule has 5 nitrogen and oxygen atoms in total. The van der Waals surface area contributed by atoms with Gasteiger partial charge >= 0.3 is 245 Å². The zero-order chi connectivity index (χ0) is 26.1. The van der Waals surface area contributed by atoms with Crippen LogP contribution in [-0.2, 0) is 16.8 Å². The van der Waals surface area contributed by atoms with Crippen LogP contribution in [0.5, 0.6) is 0 Å². The maximum absolute atomic E-state index is 14.9. The number of aryl methyl sites for hydroxylation is 1. The Morgan fingerprint density at radius 3 is 2.79 bits per heavy atom. The third kappa shape index (κ3) is 5.21. The zero-order valence-electron chi connectivity index (χ0n) is 23.1. The number of amides is 1. The quantitative estimate of drug-likeness (QED) is 0.308. The summed E-state index contributed by atoms with van der Waals surface area (Å²) in [6.07, 6.45) is 9.99. The average Bonchev–Trinajstić information content (AvgIpc) is 3.35. The van der Waals surface area contributed by atoms with Crippen LogP contribution >= 0.6 is 11.3 Å². The Kier molecular flexibility index (Phi) is 8.46. The number of hydrogen-bond donors (Lipinski definition) is 1. The molecule has 1 amide bonds. The molecule has 4 atom stereocenters. The molecular weight excluding hydrogens is 603 g/mol. The molecule has 4 aliphatic rings. The van der Waals surface area contributed by atoms with Crippen molar-refractivity contribution in [1.82, 2.24) is 18.3 Å². The monoisotopic (exact) mass is 647 g/mol. The summed E-state index contributed by atoms with van der Waals surface area (Å²) in [5, 5.41) is 1.16. The number of halogens is 1. The fraction of sp³-hybridized carbons (Fsp3) is 0.677. The van der Waals surface area contributed by atoms with E-state index in [9.17, 15) is 4.79 Å². The normalized spacial score (nSPS) is 31.1. The Bertz CT molecular complexity index is 1100. The number of likely N-dealkylation sites (tertiary alicyclic amines) is 1. The Morgan fingerprint density at radius 2 is 2.00 bits per heavy atom. The van der Waals surface area contributed by atoms with Crippen LogP contribution in [0.25, 0.3) is 0 Å². The molecule has 38 heavy (non-hydrogen) atoms. The van der Waals surface area contributed by atoms with E-state index in [1.807, 2.05) is 11.3 Å². The van der Waals surface area contributed by atoms with Gasteiger partial charge in [-0.1, -0.05) is 0 Å². The van der Waals surface area contributed by atoms with Crippen molar-refractivity contribution in [3.63, 3.8) is 0 Å². The number of fused-ring (bicyclic) bond motifs is 2. The first-order valence-electron chi connectivity index (χ1n) is 14.9. The zero-order valence-corrected chi connectivity index (χ0v) is 26.1. The number of carbonyl (C=O) groups excluding carboxylic acids is 1. The molecule has 208 valence electrons. The summed E-state index contributed by atoms with van der Waals surface area (Å²) < 4.78 is 4.89. The van der Waals surface area contributed by atoms with Gasteiger partial charge < -0.3 is 0 Å². The minimum atomic E-state index is -0.149. The summed E-state index contributed by atoms with van der Waals surface area (Å²) >= 11 is 1.73. The van der Waals surface area contributed by atoms with E-state index in [-0.39, 0.29) is 32.8 Å². The predicted molar refractivity (Wildman–Crippen MR) is 151 cm³/mol. The third-order valence-electron chi connectivity index (χ3n) is 9.74. The fourth-order valence-corrected chi connectivity index (χ4v) is 12.0. The molecule has 1 N–H and O–H groups in total. The summed E-state index contributed by atoms with van der Waals surface area (Å²) in [4.78, 5) is 26.3. The van der Waals surface area contributed by atoms with Gasteiger partial charge in [0.15, 0.2) is 0 Å². The fourth-order valence-electron chi connectivity index (χ4n) is 7.92.